The highest BCUT2D eigenvalue weighted by Gasteiger charge is 2.25. The van der Waals surface area contributed by atoms with Gasteiger partial charge in [0.1, 0.15) is 32.7 Å². The van der Waals surface area contributed by atoms with E-state index in [4.69, 9.17) is 0 Å². The van der Waals surface area contributed by atoms with E-state index in [1.54, 1.807) is 4.90 Å². The van der Waals surface area contributed by atoms with E-state index in [1.165, 1.54) is 21.2 Å². The van der Waals surface area contributed by atoms with Crippen molar-refractivity contribution in [1.29, 1.82) is 0 Å². The van der Waals surface area contributed by atoms with Crippen LogP contribution in [0.3, 0.4) is 0 Å². The van der Waals surface area contributed by atoms with Crippen LogP contribution in [0.25, 0.3) is 10.8 Å². The molecule has 0 aromatic heterocycles. The summed E-state index contributed by atoms with van der Waals surface area (Å²) in [5.41, 5.74) is 1.44. The van der Waals surface area contributed by atoms with Crippen LogP contribution < -0.4 is 15.1 Å². The van der Waals surface area contributed by atoms with Gasteiger partial charge in [-0.25, -0.2) is 0 Å². The van der Waals surface area contributed by atoms with E-state index in [0.29, 0.717) is 6.54 Å². The van der Waals surface area contributed by atoms with Crippen molar-refractivity contribution in [2.24, 2.45) is 0 Å². The zero-order chi connectivity index (χ0) is 17.6. The van der Waals surface area contributed by atoms with Crippen molar-refractivity contribution in [3.05, 3.63) is 48.0 Å². The first-order chi connectivity index (χ1) is 12.2. The molecular formula is C21H31N3O+2. The summed E-state index contributed by atoms with van der Waals surface area (Å²) in [5.74, 6) is 0.196. The normalized spacial score (nSPS) is 21.8. The Balaban J connectivity index is 1.52. The number of hydrogen-bond acceptors (Lipinski definition) is 1. The molecule has 2 aromatic carbocycles. The van der Waals surface area contributed by atoms with Crippen molar-refractivity contribution in [2.75, 3.05) is 32.7 Å². The van der Waals surface area contributed by atoms with Crippen molar-refractivity contribution < 1.29 is 14.6 Å². The van der Waals surface area contributed by atoms with Gasteiger partial charge in [-0.05, 0) is 24.1 Å². The molecule has 0 spiro atoms. The number of fused-ring (bicyclic) bond motifs is 1. The lowest BCUT2D eigenvalue weighted by Crippen LogP contribution is -3.28. The summed E-state index contributed by atoms with van der Waals surface area (Å²) in [7, 11) is 0. The van der Waals surface area contributed by atoms with Crippen molar-refractivity contribution in [3.63, 3.8) is 0 Å². The molecular weight excluding hydrogens is 310 g/mol. The number of hydrogen-bond donors (Lipinski definition) is 3. The molecule has 3 rings (SSSR count). The summed E-state index contributed by atoms with van der Waals surface area (Å²) >= 11 is 0. The molecule has 0 aliphatic carbocycles. The minimum Gasteiger partial charge on any atom is -0.349 e. The summed E-state index contributed by atoms with van der Waals surface area (Å²) in [6, 6.07) is 15.5. The summed E-state index contributed by atoms with van der Waals surface area (Å²) in [6.45, 7) is 10.3. The largest absolute Gasteiger partial charge is 0.349 e. The van der Waals surface area contributed by atoms with Gasteiger partial charge in [0.2, 0.25) is 0 Å². The molecule has 1 atom stereocenters. The lowest BCUT2D eigenvalue weighted by molar-refractivity contribution is -1.02. The third-order valence-corrected chi connectivity index (χ3v) is 5.41. The fraction of sp³-hybridized carbons (Fsp3) is 0.476. The number of carbonyl (C=O) groups is 1. The van der Waals surface area contributed by atoms with Gasteiger partial charge in [-0.3, -0.25) is 4.79 Å². The Bertz CT molecular complexity index is 702. The Labute approximate surface area is 150 Å². The highest BCUT2D eigenvalue weighted by Crippen LogP contribution is 2.17. The molecule has 0 saturated carbocycles. The van der Waals surface area contributed by atoms with E-state index >= 15 is 0 Å². The van der Waals surface area contributed by atoms with Gasteiger partial charge in [-0.2, -0.15) is 0 Å². The Morgan fingerprint density at radius 1 is 1.04 bits per heavy atom. The van der Waals surface area contributed by atoms with E-state index < -0.39 is 0 Å². The average Bonchev–Trinajstić information content (AvgIpc) is 2.63. The van der Waals surface area contributed by atoms with Crippen LogP contribution in [0.5, 0.6) is 0 Å². The first-order valence-corrected chi connectivity index (χ1v) is 9.59. The zero-order valence-electron chi connectivity index (χ0n) is 15.5. The number of piperazine rings is 1. The van der Waals surface area contributed by atoms with Crippen LogP contribution in [0.4, 0.5) is 0 Å². The van der Waals surface area contributed by atoms with Gasteiger partial charge < -0.3 is 15.1 Å². The van der Waals surface area contributed by atoms with E-state index in [9.17, 15) is 4.79 Å². The second-order valence-corrected chi connectivity index (χ2v) is 7.37. The molecule has 1 saturated heterocycles. The maximum Gasteiger partial charge on any atom is 0.275 e. The van der Waals surface area contributed by atoms with E-state index in [-0.39, 0.29) is 11.9 Å². The first kappa shape index (κ1) is 17.9. The van der Waals surface area contributed by atoms with Crippen molar-refractivity contribution in [1.82, 2.24) is 5.32 Å². The number of quaternary nitrogens is 2. The maximum absolute atomic E-state index is 12.1. The highest BCUT2D eigenvalue weighted by molar-refractivity contribution is 5.85. The maximum atomic E-state index is 12.1. The Hall–Kier alpha value is -1.91. The molecule has 25 heavy (non-hydrogen) atoms. The van der Waals surface area contributed by atoms with Gasteiger partial charge in [0, 0.05) is 11.6 Å². The third-order valence-electron chi connectivity index (χ3n) is 5.41. The molecule has 0 radical (unpaired) electrons. The minimum absolute atomic E-state index is 0.196. The fourth-order valence-corrected chi connectivity index (χ4v) is 3.68. The first-order valence-electron chi connectivity index (χ1n) is 9.59. The van der Waals surface area contributed by atoms with Crippen LogP contribution in [-0.4, -0.2) is 44.7 Å². The lowest BCUT2D eigenvalue weighted by atomic mass is 10.0. The second kappa shape index (κ2) is 8.45. The minimum atomic E-state index is 0.196. The fourth-order valence-electron chi connectivity index (χ4n) is 3.68. The smallest absolute Gasteiger partial charge is 0.275 e. The lowest BCUT2D eigenvalue weighted by Gasteiger charge is -2.29. The van der Waals surface area contributed by atoms with Gasteiger partial charge in [-0.1, -0.05) is 49.4 Å². The molecule has 134 valence electrons. The predicted octanol–water partition coefficient (Wildman–Crippen LogP) is 0.0379. The summed E-state index contributed by atoms with van der Waals surface area (Å²) in [4.78, 5) is 15.1. The topological polar surface area (TPSA) is 38.0 Å². The van der Waals surface area contributed by atoms with Crippen LogP contribution in [0.2, 0.25) is 0 Å². The predicted molar refractivity (Wildman–Crippen MR) is 102 cm³/mol. The van der Waals surface area contributed by atoms with Crippen LogP contribution >= 0.6 is 0 Å². The molecule has 4 heteroatoms. The van der Waals surface area contributed by atoms with Crippen molar-refractivity contribution in [3.8, 4) is 0 Å². The van der Waals surface area contributed by atoms with E-state index in [2.05, 4.69) is 61.6 Å². The monoisotopic (exact) mass is 341 g/mol. The molecule has 1 aliphatic rings. The van der Waals surface area contributed by atoms with Crippen LogP contribution in [0.15, 0.2) is 42.5 Å². The molecule has 2 aromatic rings. The van der Waals surface area contributed by atoms with Gasteiger partial charge in [0.15, 0.2) is 6.54 Å². The summed E-state index contributed by atoms with van der Waals surface area (Å²) in [6.07, 6.45) is 0.990. The highest BCUT2D eigenvalue weighted by atomic mass is 16.2. The number of amides is 1. The Morgan fingerprint density at radius 3 is 2.48 bits per heavy atom. The zero-order valence-corrected chi connectivity index (χ0v) is 15.5. The molecule has 1 fully saturated rings. The van der Waals surface area contributed by atoms with Gasteiger partial charge in [-0.15, -0.1) is 0 Å². The van der Waals surface area contributed by atoms with Crippen LogP contribution in [-0.2, 0) is 11.3 Å². The SMILES string of the molecule is CC[C@@H](C)NC(=O)C[NH+]1CC[NH+](Cc2cccc3ccccc23)CC1. The molecule has 1 amide bonds. The molecule has 0 bridgehead atoms. The quantitative estimate of drug-likeness (QED) is 0.682. The van der Waals surface area contributed by atoms with Gasteiger partial charge >= 0.3 is 0 Å². The Kier molecular flexibility index (Phi) is 6.05. The van der Waals surface area contributed by atoms with Crippen molar-refractivity contribution >= 4 is 16.7 Å². The van der Waals surface area contributed by atoms with Crippen LogP contribution in [0, 0.1) is 0 Å². The van der Waals surface area contributed by atoms with Crippen molar-refractivity contribution in [2.45, 2.75) is 32.9 Å². The number of nitrogens with one attached hydrogen (secondary N) is 3. The molecule has 1 heterocycles. The molecule has 4 nitrogen and oxygen atoms in total. The summed E-state index contributed by atoms with van der Waals surface area (Å²) < 4.78 is 0. The molecule has 3 N–H and O–H groups in total. The number of benzene rings is 2. The van der Waals surface area contributed by atoms with E-state index in [1.807, 2.05) is 0 Å². The molecule has 0 unspecified atom stereocenters. The standard InChI is InChI=1S/C21H29N3O/c1-3-17(2)22-21(25)16-24-13-11-23(12-14-24)15-19-9-6-8-18-7-4-5-10-20(18)19/h4-10,17H,3,11-16H2,1-2H3,(H,22,25)/p+2/t17-/m1/s1. The average molecular weight is 341 g/mol. The second-order valence-electron chi connectivity index (χ2n) is 7.37. The van der Waals surface area contributed by atoms with E-state index in [0.717, 1.165) is 39.1 Å². The number of rotatable bonds is 6. The molecule has 1 aliphatic heterocycles. The van der Waals surface area contributed by atoms with Crippen LogP contribution in [0.1, 0.15) is 25.8 Å². The number of carbonyl (C=O) groups excluding carboxylic acids is 1. The van der Waals surface area contributed by atoms with Gasteiger partial charge in [0.25, 0.3) is 5.91 Å². The van der Waals surface area contributed by atoms with Gasteiger partial charge in [0.05, 0.1) is 0 Å². The Morgan fingerprint density at radius 2 is 1.72 bits per heavy atom. The summed E-state index contributed by atoms with van der Waals surface area (Å²) in [5, 5.41) is 5.78. The third kappa shape index (κ3) is 4.80.